The van der Waals surface area contributed by atoms with Gasteiger partial charge in [-0.05, 0) is 36.2 Å². The highest BCUT2D eigenvalue weighted by molar-refractivity contribution is 7.90. The van der Waals surface area contributed by atoms with E-state index in [4.69, 9.17) is 14.2 Å². The van der Waals surface area contributed by atoms with Gasteiger partial charge in [-0.2, -0.15) is 13.1 Å². The predicted octanol–water partition coefficient (Wildman–Crippen LogP) is 4.36. The normalized spacial score (nSPS) is 12.1. The standard InChI is InChI=1S/C21H27F2NO5S/c1-6-21(22,23)30(25,26)24(13-16-7-9-18(27-3)11-15(16)2)14-17-8-10-19(28-4)12-20(17)29-5/h7-12H,6,13-14H2,1-5H3. The Kier molecular flexibility index (Phi) is 7.65. The number of rotatable bonds is 10. The molecule has 0 aliphatic rings. The van der Waals surface area contributed by atoms with Crippen LogP contribution in [0.1, 0.15) is 30.0 Å². The van der Waals surface area contributed by atoms with Gasteiger partial charge >= 0.3 is 5.25 Å². The Morgan fingerprint density at radius 3 is 1.93 bits per heavy atom. The van der Waals surface area contributed by atoms with Crippen molar-refractivity contribution in [3.05, 3.63) is 53.1 Å². The van der Waals surface area contributed by atoms with Gasteiger partial charge in [-0.15, -0.1) is 0 Å². The summed E-state index contributed by atoms with van der Waals surface area (Å²) in [7, 11) is -0.514. The van der Waals surface area contributed by atoms with Crippen molar-refractivity contribution in [2.45, 2.75) is 38.6 Å². The van der Waals surface area contributed by atoms with E-state index in [1.807, 2.05) is 0 Å². The summed E-state index contributed by atoms with van der Waals surface area (Å²) in [6.07, 6.45) is -0.826. The first kappa shape index (κ1) is 23.9. The second kappa shape index (κ2) is 9.61. The molecule has 0 bridgehead atoms. The van der Waals surface area contributed by atoms with Gasteiger partial charge in [-0.25, -0.2) is 8.42 Å². The van der Waals surface area contributed by atoms with E-state index in [9.17, 15) is 17.2 Å². The van der Waals surface area contributed by atoms with Crippen molar-refractivity contribution in [3.63, 3.8) is 0 Å². The lowest BCUT2D eigenvalue weighted by Gasteiger charge is -2.28. The number of ether oxygens (including phenoxy) is 3. The Balaban J connectivity index is 2.50. The number of hydrogen-bond acceptors (Lipinski definition) is 5. The topological polar surface area (TPSA) is 65.1 Å². The average molecular weight is 444 g/mol. The van der Waals surface area contributed by atoms with E-state index < -0.39 is 21.7 Å². The largest absolute Gasteiger partial charge is 0.497 e. The van der Waals surface area contributed by atoms with E-state index in [1.165, 1.54) is 21.3 Å². The number of alkyl halides is 2. The molecule has 30 heavy (non-hydrogen) atoms. The Bertz CT molecular complexity index is 979. The van der Waals surface area contributed by atoms with Crippen LogP contribution in [0.5, 0.6) is 17.2 Å². The molecule has 0 saturated carbocycles. The number of methoxy groups -OCH3 is 3. The lowest BCUT2D eigenvalue weighted by Crippen LogP contribution is -2.42. The number of hydrogen-bond donors (Lipinski definition) is 0. The summed E-state index contributed by atoms with van der Waals surface area (Å²) in [6, 6.07) is 9.87. The molecular weight excluding hydrogens is 416 g/mol. The maximum atomic E-state index is 14.4. The summed E-state index contributed by atoms with van der Waals surface area (Å²) in [4.78, 5) is 0. The summed E-state index contributed by atoms with van der Waals surface area (Å²) in [5.41, 5.74) is 1.77. The van der Waals surface area contributed by atoms with Gasteiger partial charge in [0.25, 0.3) is 10.0 Å². The number of aryl methyl sites for hydroxylation is 1. The minimum Gasteiger partial charge on any atom is -0.497 e. The number of halogens is 2. The van der Waals surface area contributed by atoms with Crippen LogP contribution in [-0.4, -0.2) is 39.3 Å². The van der Waals surface area contributed by atoms with Crippen LogP contribution in [0.3, 0.4) is 0 Å². The van der Waals surface area contributed by atoms with Crippen LogP contribution in [0.2, 0.25) is 0 Å². The number of benzene rings is 2. The van der Waals surface area contributed by atoms with Crippen molar-refractivity contribution in [1.82, 2.24) is 4.31 Å². The number of sulfonamides is 1. The van der Waals surface area contributed by atoms with Gasteiger partial charge < -0.3 is 14.2 Å². The lowest BCUT2D eigenvalue weighted by atomic mass is 10.1. The quantitative estimate of drug-likeness (QED) is 0.546. The molecule has 0 fully saturated rings. The summed E-state index contributed by atoms with van der Waals surface area (Å²) < 4.78 is 70.9. The van der Waals surface area contributed by atoms with E-state index in [0.29, 0.717) is 28.4 Å². The highest BCUT2D eigenvalue weighted by Gasteiger charge is 2.47. The van der Waals surface area contributed by atoms with Crippen molar-refractivity contribution >= 4 is 10.0 Å². The van der Waals surface area contributed by atoms with Crippen LogP contribution >= 0.6 is 0 Å². The van der Waals surface area contributed by atoms with Gasteiger partial charge in [0.1, 0.15) is 17.2 Å². The van der Waals surface area contributed by atoms with Gasteiger partial charge in [0.15, 0.2) is 0 Å². The Morgan fingerprint density at radius 1 is 0.900 bits per heavy atom. The van der Waals surface area contributed by atoms with Gasteiger partial charge in [0.2, 0.25) is 0 Å². The van der Waals surface area contributed by atoms with E-state index in [1.54, 1.807) is 43.3 Å². The molecule has 0 N–H and O–H groups in total. The molecule has 2 aromatic rings. The van der Waals surface area contributed by atoms with E-state index in [2.05, 4.69) is 0 Å². The Morgan fingerprint density at radius 2 is 1.43 bits per heavy atom. The molecule has 2 aromatic carbocycles. The number of nitrogens with zero attached hydrogens (tertiary/aromatic N) is 1. The zero-order valence-corrected chi connectivity index (χ0v) is 18.6. The molecule has 0 amide bonds. The van der Waals surface area contributed by atoms with Crippen LogP contribution in [0, 0.1) is 6.92 Å². The minimum atomic E-state index is -4.94. The molecule has 0 heterocycles. The van der Waals surface area contributed by atoms with Gasteiger partial charge in [0, 0.05) is 31.1 Å². The fourth-order valence-electron chi connectivity index (χ4n) is 2.93. The summed E-state index contributed by atoms with van der Waals surface area (Å²) in [6.45, 7) is 2.41. The zero-order valence-electron chi connectivity index (χ0n) is 17.7. The van der Waals surface area contributed by atoms with Gasteiger partial charge in [0.05, 0.1) is 21.3 Å². The molecule has 0 unspecified atom stereocenters. The molecule has 0 radical (unpaired) electrons. The smallest absolute Gasteiger partial charge is 0.359 e. The third kappa shape index (κ3) is 5.02. The summed E-state index contributed by atoms with van der Waals surface area (Å²) >= 11 is 0. The van der Waals surface area contributed by atoms with Crippen LogP contribution in [-0.2, 0) is 23.1 Å². The average Bonchev–Trinajstić information content (AvgIpc) is 2.74. The lowest BCUT2D eigenvalue weighted by molar-refractivity contribution is 0.0781. The van der Waals surface area contributed by atoms with Crippen LogP contribution < -0.4 is 14.2 Å². The monoisotopic (exact) mass is 443 g/mol. The van der Waals surface area contributed by atoms with E-state index >= 15 is 0 Å². The molecular formula is C21H27F2NO5S. The minimum absolute atomic E-state index is 0.219. The fraction of sp³-hybridized carbons (Fsp3) is 0.429. The Hall–Kier alpha value is -2.39. The third-order valence-corrected chi connectivity index (χ3v) is 6.85. The predicted molar refractivity (Wildman–Crippen MR) is 111 cm³/mol. The second-order valence-corrected chi connectivity index (χ2v) is 8.80. The molecule has 0 saturated heterocycles. The van der Waals surface area contributed by atoms with Crippen LogP contribution in [0.4, 0.5) is 8.78 Å². The van der Waals surface area contributed by atoms with Crippen LogP contribution in [0.15, 0.2) is 36.4 Å². The van der Waals surface area contributed by atoms with Crippen molar-refractivity contribution in [1.29, 1.82) is 0 Å². The molecule has 0 aliphatic carbocycles. The Labute approximate surface area is 176 Å². The zero-order chi connectivity index (χ0) is 22.5. The van der Waals surface area contributed by atoms with E-state index in [0.717, 1.165) is 16.8 Å². The molecule has 0 aromatic heterocycles. The molecule has 9 heteroatoms. The maximum Gasteiger partial charge on any atom is 0.359 e. The van der Waals surface area contributed by atoms with E-state index in [-0.39, 0.29) is 13.1 Å². The molecule has 0 aliphatic heterocycles. The SMILES string of the molecule is CCC(F)(F)S(=O)(=O)N(Cc1ccc(OC)cc1C)Cc1ccc(OC)cc1OC. The molecule has 0 spiro atoms. The third-order valence-electron chi connectivity index (χ3n) is 4.87. The highest BCUT2D eigenvalue weighted by atomic mass is 32.2. The summed E-state index contributed by atoms with van der Waals surface area (Å²) in [5.74, 6) is 1.46. The van der Waals surface area contributed by atoms with Crippen molar-refractivity contribution in [2.75, 3.05) is 21.3 Å². The highest BCUT2D eigenvalue weighted by Crippen LogP contribution is 2.34. The second-order valence-electron chi connectivity index (χ2n) is 6.73. The fourth-order valence-corrected chi connectivity index (χ4v) is 4.29. The maximum absolute atomic E-state index is 14.4. The molecule has 166 valence electrons. The van der Waals surface area contributed by atoms with Crippen LogP contribution in [0.25, 0.3) is 0 Å². The first-order valence-corrected chi connectivity index (χ1v) is 10.8. The van der Waals surface area contributed by atoms with Crippen molar-refractivity contribution in [3.8, 4) is 17.2 Å². The first-order valence-electron chi connectivity index (χ1n) is 9.31. The molecule has 6 nitrogen and oxygen atoms in total. The summed E-state index contributed by atoms with van der Waals surface area (Å²) in [5, 5.41) is -3.90. The molecule has 0 atom stereocenters. The van der Waals surface area contributed by atoms with Gasteiger partial charge in [-0.1, -0.05) is 19.1 Å². The molecule has 2 rings (SSSR count). The van der Waals surface area contributed by atoms with Crippen molar-refractivity contribution in [2.24, 2.45) is 0 Å². The van der Waals surface area contributed by atoms with Gasteiger partial charge in [-0.3, -0.25) is 0 Å². The first-order chi connectivity index (χ1) is 14.1. The van der Waals surface area contributed by atoms with Crippen molar-refractivity contribution < 1.29 is 31.4 Å².